The number of methoxy groups -OCH3 is 1. The van der Waals surface area contributed by atoms with E-state index in [1.807, 2.05) is 0 Å². The van der Waals surface area contributed by atoms with Crippen molar-refractivity contribution in [2.75, 3.05) is 12.4 Å². The predicted octanol–water partition coefficient (Wildman–Crippen LogP) is 1.29. The molecule has 0 atom stereocenters. The second-order valence-corrected chi connectivity index (χ2v) is 5.98. The van der Waals surface area contributed by atoms with Gasteiger partial charge in [0.25, 0.3) is 5.56 Å². The summed E-state index contributed by atoms with van der Waals surface area (Å²) in [5.41, 5.74) is 0.836. The number of ether oxygens (including phenoxy) is 1. The predicted molar refractivity (Wildman–Crippen MR) is 104 cm³/mol. The zero-order chi connectivity index (χ0) is 20.2. The molecule has 3 aromatic heterocycles. The van der Waals surface area contributed by atoms with Crippen LogP contribution in [0.3, 0.4) is 0 Å². The summed E-state index contributed by atoms with van der Waals surface area (Å²) in [4.78, 5) is 45.7. The van der Waals surface area contributed by atoms with E-state index in [-0.39, 0.29) is 23.5 Å². The third-order valence-electron chi connectivity index (χ3n) is 4.04. The van der Waals surface area contributed by atoms with E-state index in [1.54, 1.807) is 31.4 Å². The van der Waals surface area contributed by atoms with Crippen molar-refractivity contribution in [1.82, 2.24) is 29.5 Å². The molecule has 1 N–H and O–H groups in total. The van der Waals surface area contributed by atoms with Crippen molar-refractivity contribution in [1.29, 1.82) is 0 Å². The van der Waals surface area contributed by atoms with Crippen LogP contribution < -0.4 is 15.6 Å². The molecule has 0 bridgehead atoms. The molecule has 10 heteroatoms. The number of carbonyl (C=O) groups excluding carboxylic acids is 1. The van der Waals surface area contributed by atoms with Gasteiger partial charge >= 0.3 is 0 Å². The van der Waals surface area contributed by atoms with Gasteiger partial charge in [0.15, 0.2) is 11.5 Å². The molecule has 0 fully saturated rings. The molecule has 3 heterocycles. The second kappa shape index (κ2) is 7.80. The first-order chi connectivity index (χ1) is 14.1. The highest BCUT2D eigenvalue weighted by atomic mass is 16.5. The third kappa shape index (κ3) is 3.90. The molecule has 0 saturated carbocycles. The van der Waals surface area contributed by atoms with E-state index < -0.39 is 5.56 Å². The molecule has 1 amide bonds. The van der Waals surface area contributed by atoms with Crippen LogP contribution in [0.25, 0.3) is 22.6 Å². The normalized spacial score (nSPS) is 10.7. The van der Waals surface area contributed by atoms with Crippen LogP contribution in [-0.2, 0) is 11.3 Å². The average Bonchev–Trinajstić information content (AvgIpc) is 2.76. The first kappa shape index (κ1) is 18.2. The monoisotopic (exact) mass is 389 g/mol. The number of rotatable bonds is 5. The summed E-state index contributed by atoms with van der Waals surface area (Å²) in [6.07, 6.45) is 7.24. The van der Waals surface area contributed by atoms with Gasteiger partial charge in [-0.25, -0.2) is 19.9 Å². The van der Waals surface area contributed by atoms with Crippen LogP contribution in [-0.4, -0.2) is 42.5 Å². The van der Waals surface area contributed by atoms with Gasteiger partial charge in [-0.2, -0.15) is 0 Å². The Morgan fingerprint density at radius 3 is 2.86 bits per heavy atom. The molecule has 0 unspecified atom stereocenters. The van der Waals surface area contributed by atoms with E-state index >= 15 is 0 Å². The molecule has 0 spiro atoms. The van der Waals surface area contributed by atoms with E-state index in [9.17, 15) is 9.59 Å². The maximum atomic E-state index is 12.7. The van der Waals surface area contributed by atoms with Gasteiger partial charge in [-0.3, -0.25) is 19.1 Å². The number of hydrogen-bond acceptors (Lipinski definition) is 8. The number of carbonyl (C=O) groups is 1. The lowest BCUT2D eigenvalue weighted by Gasteiger charge is -2.09. The number of hydrogen-bond donors (Lipinski definition) is 1. The van der Waals surface area contributed by atoms with Gasteiger partial charge in [0.1, 0.15) is 29.7 Å². The van der Waals surface area contributed by atoms with Crippen LogP contribution in [0.2, 0.25) is 0 Å². The lowest BCUT2D eigenvalue weighted by molar-refractivity contribution is -0.116. The number of nitrogens with zero attached hydrogens (tertiary/aromatic N) is 6. The highest BCUT2D eigenvalue weighted by Crippen LogP contribution is 2.16. The number of amides is 1. The number of aromatic nitrogens is 6. The number of nitrogens with one attached hydrogen (secondary N) is 1. The summed E-state index contributed by atoms with van der Waals surface area (Å²) < 4.78 is 6.32. The molecule has 29 heavy (non-hydrogen) atoms. The molecule has 0 saturated heterocycles. The van der Waals surface area contributed by atoms with Gasteiger partial charge in [0, 0.05) is 30.3 Å². The van der Waals surface area contributed by atoms with Crippen LogP contribution in [0, 0.1) is 0 Å². The minimum Gasteiger partial charge on any atom is -0.497 e. The van der Waals surface area contributed by atoms with E-state index in [2.05, 4.69) is 30.2 Å². The Morgan fingerprint density at radius 2 is 2.07 bits per heavy atom. The van der Waals surface area contributed by atoms with Crippen molar-refractivity contribution in [2.24, 2.45) is 0 Å². The van der Waals surface area contributed by atoms with Gasteiger partial charge < -0.3 is 10.1 Å². The molecule has 0 aliphatic rings. The minimum atomic E-state index is -0.415. The molecule has 0 aliphatic heterocycles. The minimum absolute atomic E-state index is 0.203. The zero-order valence-electron chi connectivity index (χ0n) is 15.3. The number of benzene rings is 1. The highest BCUT2D eigenvalue weighted by Gasteiger charge is 2.12. The van der Waals surface area contributed by atoms with Gasteiger partial charge in [-0.05, 0) is 12.1 Å². The Hall–Kier alpha value is -4.21. The van der Waals surface area contributed by atoms with Gasteiger partial charge in [-0.1, -0.05) is 6.07 Å². The summed E-state index contributed by atoms with van der Waals surface area (Å²) in [5.74, 6) is 0.549. The molecule has 4 aromatic rings. The second-order valence-electron chi connectivity index (χ2n) is 5.98. The maximum absolute atomic E-state index is 12.7. The molecular formula is C19H15N7O3. The standard InChI is InChI=1S/C19H15N7O3/c1-29-13-4-2-3-12(7-13)24-16(27)10-26-11-23-17-14(19(26)28)8-22-18(25-17)15-9-20-5-6-21-15/h2-9,11H,10H2,1H3,(H,24,27). The number of anilines is 1. The summed E-state index contributed by atoms with van der Waals surface area (Å²) in [7, 11) is 1.54. The van der Waals surface area contributed by atoms with Crippen LogP contribution in [0.1, 0.15) is 0 Å². The zero-order valence-corrected chi connectivity index (χ0v) is 15.3. The lowest BCUT2D eigenvalue weighted by Crippen LogP contribution is -2.28. The lowest BCUT2D eigenvalue weighted by atomic mass is 10.3. The highest BCUT2D eigenvalue weighted by molar-refractivity contribution is 5.90. The van der Waals surface area contributed by atoms with E-state index in [4.69, 9.17) is 4.74 Å². The van der Waals surface area contributed by atoms with E-state index in [0.717, 1.165) is 0 Å². The Balaban J connectivity index is 1.57. The maximum Gasteiger partial charge on any atom is 0.264 e. The third-order valence-corrected chi connectivity index (χ3v) is 4.04. The van der Waals surface area contributed by atoms with Crippen LogP contribution >= 0.6 is 0 Å². The summed E-state index contributed by atoms with van der Waals surface area (Å²) >= 11 is 0. The fourth-order valence-electron chi connectivity index (χ4n) is 2.66. The fourth-order valence-corrected chi connectivity index (χ4v) is 2.66. The van der Waals surface area contributed by atoms with Crippen molar-refractivity contribution in [3.63, 3.8) is 0 Å². The van der Waals surface area contributed by atoms with Crippen LogP contribution in [0.4, 0.5) is 5.69 Å². The van der Waals surface area contributed by atoms with Crippen molar-refractivity contribution in [2.45, 2.75) is 6.54 Å². The molecule has 0 aliphatic carbocycles. The number of fused-ring (bicyclic) bond motifs is 1. The van der Waals surface area contributed by atoms with Crippen molar-refractivity contribution >= 4 is 22.6 Å². The molecule has 4 rings (SSSR count). The molecule has 144 valence electrons. The first-order valence-electron chi connectivity index (χ1n) is 8.56. The SMILES string of the molecule is COc1cccc(NC(=O)Cn2cnc3nc(-c4cnccn4)ncc3c2=O)c1. The van der Waals surface area contributed by atoms with Crippen molar-refractivity contribution in [3.05, 3.63) is 65.7 Å². The summed E-state index contributed by atoms with van der Waals surface area (Å²) in [6.45, 7) is -0.203. The van der Waals surface area contributed by atoms with Gasteiger partial charge in [0.05, 0.1) is 13.3 Å². The van der Waals surface area contributed by atoms with Crippen molar-refractivity contribution in [3.8, 4) is 17.3 Å². The average molecular weight is 389 g/mol. The molecule has 1 aromatic carbocycles. The van der Waals surface area contributed by atoms with Crippen LogP contribution in [0.5, 0.6) is 5.75 Å². The van der Waals surface area contributed by atoms with Gasteiger partial charge in [-0.15, -0.1) is 0 Å². The van der Waals surface area contributed by atoms with Crippen molar-refractivity contribution < 1.29 is 9.53 Å². The fraction of sp³-hybridized carbons (Fsp3) is 0.105. The summed E-state index contributed by atoms with van der Waals surface area (Å²) in [5, 5.41) is 2.92. The van der Waals surface area contributed by atoms with E-state index in [0.29, 0.717) is 23.0 Å². The Bertz CT molecular complexity index is 1240. The summed E-state index contributed by atoms with van der Waals surface area (Å²) in [6, 6.07) is 6.93. The first-order valence-corrected chi connectivity index (χ1v) is 8.56. The Labute approximate surface area is 164 Å². The Morgan fingerprint density at radius 1 is 1.17 bits per heavy atom. The van der Waals surface area contributed by atoms with Gasteiger partial charge in [0.2, 0.25) is 5.91 Å². The van der Waals surface area contributed by atoms with Crippen LogP contribution in [0.15, 0.2) is 60.2 Å². The topological polar surface area (TPSA) is 125 Å². The quantitative estimate of drug-likeness (QED) is 0.541. The largest absolute Gasteiger partial charge is 0.497 e. The molecule has 10 nitrogen and oxygen atoms in total. The molecular weight excluding hydrogens is 374 g/mol. The molecule has 0 radical (unpaired) electrons. The Kier molecular flexibility index (Phi) is 4.89. The smallest absolute Gasteiger partial charge is 0.264 e. The van der Waals surface area contributed by atoms with E-state index in [1.165, 1.54) is 35.7 Å².